The fourth-order valence-corrected chi connectivity index (χ4v) is 21.3. The van der Waals surface area contributed by atoms with Gasteiger partial charge in [0.15, 0.2) is 0 Å². The molecule has 24 heavy (non-hydrogen) atoms. The zero-order valence-electron chi connectivity index (χ0n) is 13.4. The molecule has 3 heteroatoms. The maximum absolute atomic E-state index is 6.80. The quantitative estimate of drug-likeness (QED) is 0.463. The molecule has 2 aromatic rings. The van der Waals surface area contributed by atoms with Gasteiger partial charge in [-0.3, -0.25) is 0 Å². The monoisotopic (exact) mass is 502 g/mol. The Morgan fingerprint density at radius 3 is 1.83 bits per heavy atom. The molecule has 5 rings (SSSR count). The molecule has 2 aromatic carbocycles. The Hall–Kier alpha value is -0.960. The van der Waals surface area contributed by atoms with Gasteiger partial charge in [0, 0.05) is 0 Å². The van der Waals surface area contributed by atoms with Gasteiger partial charge in [0.25, 0.3) is 0 Å². The first-order chi connectivity index (χ1) is 11.7. The molecular weight excluding hydrogens is 482 g/mol. The molecule has 0 N–H and O–H groups in total. The van der Waals surface area contributed by atoms with Crippen molar-refractivity contribution in [2.24, 2.45) is 0 Å². The van der Waals surface area contributed by atoms with Crippen molar-refractivity contribution in [3.05, 3.63) is 82.9 Å². The third-order valence-corrected chi connectivity index (χ3v) is 16.3. The van der Waals surface area contributed by atoms with Crippen LogP contribution in [-0.2, 0) is 22.1 Å². The second kappa shape index (κ2) is 5.79. The fraction of sp³-hybridized carbons (Fsp3) is 0.238. The van der Waals surface area contributed by atoms with Crippen LogP contribution < -0.4 is 0 Å². The summed E-state index contributed by atoms with van der Waals surface area (Å²) < 4.78 is 9.05. The average Bonchev–Trinajstić information content (AvgIpc) is 3.03. The summed E-state index contributed by atoms with van der Waals surface area (Å²) in [7, 11) is 6.80. The van der Waals surface area contributed by atoms with E-state index in [1.807, 2.05) is 0 Å². The summed E-state index contributed by atoms with van der Waals surface area (Å²) in [6.07, 6.45) is 9.25. The van der Waals surface area contributed by atoms with Crippen molar-refractivity contribution in [1.29, 1.82) is 0 Å². The number of rotatable bonds is 4. The van der Waals surface area contributed by atoms with Crippen molar-refractivity contribution in [3.8, 4) is 0 Å². The Balaban J connectivity index is 1.55. The van der Waals surface area contributed by atoms with Crippen LogP contribution in [0.5, 0.6) is 0 Å². The first kappa shape index (κ1) is 15.3. The molecule has 1 aliphatic heterocycles. The summed E-state index contributed by atoms with van der Waals surface area (Å²) in [4.78, 5) is 0. The maximum atomic E-state index is 6.80. The molecule has 0 bridgehead atoms. The van der Waals surface area contributed by atoms with Gasteiger partial charge in [0.2, 0.25) is 0 Å². The van der Waals surface area contributed by atoms with Crippen LogP contribution in [0.4, 0.5) is 0 Å². The molecule has 0 saturated carbocycles. The molecule has 1 saturated heterocycles. The predicted molar refractivity (Wildman–Crippen MR) is 96.8 cm³/mol. The number of hydrogen-bond donors (Lipinski definition) is 0. The van der Waals surface area contributed by atoms with Gasteiger partial charge in [-0.1, -0.05) is 0 Å². The second-order valence-corrected chi connectivity index (χ2v) is 23.4. The molecule has 1 heterocycles. The fourth-order valence-electron chi connectivity index (χ4n) is 3.96. The van der Waals surface area contributed by atoms with Crippen LogP contribution in [-0.4, -0.2) is 6.10 Å². The van der Waals surface area contributed by atoms with Crippen molar-refractivity contribution in [3.63, 3.8) is 0 Å². The zero-order chi connectivity index (χ0) is 16.1. The predicted octanol–water partition coefficient (Wildman–Crippen LogP) is 6.07. The first-order valence-corrected chi connectivity index (χ1v) is 19.6. The number of halogens is 1. The van der Waals surface area contributed by atoms with Gasteiger partial charge in [-0.2, -0.15) is 0 Å². The van der Waals surface area contributed by atoms with E-state index in [2.05, 4.69) is 72.8 Å². The van der Waals surface area contributed by atoms with Crippen LogP contribution in [0.3, 0.4) is 0 Å². The van der Waals surface area contributed by atoms with Crippen molar-refractivity contribution >= 4 is 20.7 Å². The Morgan fingerprint density at radius 2 is 1.33 bits per heavy atom. The van der Waals surface area contributed by atoms with Gasteiger partial charge in [-0.05, 0) is 0 Å². The third kappa shape index (κ3) is 2.60. The van der Waals surface area contributed by atoms with E-state index in [1.165, 1.54) is 30.6 Å². The molecule has 1 nitrogen and oxygen atoms in total. The van der Waals surface area contributed by atoms with Crippen LogP contribution >= 0.6 is 8.58 Å². The van der Waals surface area contributed by atoms with Gasteiger partial charge in [0.1, 0.15) is 0 Å². The van der Waals surface area contributed by atoms with E-state index in [9.17, 15) is 0 Å². The van der Waals surface area contributed by atoms with E-state index in [-0.39, 0.29) is 6.10 Å². The van der Waals surface area contributed by atoms with Gasteiger partial charge >= 0.3 is 152 Å². The zero-order valence-corrected chi connectivity index (χ0v) is 17.7. The van der Waals surface area contributed by atoms with Gasteiger partial charge in [-0.15, -0.1) is 0 Å². The molecule has 0 spiro atoms. The standard InChI is InChI=1S/C19H15O.C2H4.ClH.Hf/c20-19(17-11-9-13-5-1-3-7-15(13)17)18-12-10-14-6-2-4-8-16(14)18;1-2;;/h1-12,17-19H;1-2H2;1H;/q-1;;;+2/p-1. The SMILES string of the molecule is [Cl][Hf]1([O]C(C2C=Cc3ccccc32)C2C=Cc3ccccc32)[CH2][CH2]1. The van der Waals surface area contributed by atoms with Crippen LogP contribution in [0.15, 0.2) is 60.7 Å². The van der Waals surface area contributed by atoms with Gasteiger partial charge in [0.05, 0.1) is 0 Å². The van der Waals surface area contributed by atoms with Gasteiger partial charge < -0.3 is 0 Å². The number of hydrogen-bond acceptors (Lipinski definition) is 1. The van der Waals surface area contributed by atoms with Crippen molar-refractivity contribution < 1.29 is 22.1 Å². The van der Waals surface area contributed by atoms with E-state index in [0.717, 1.165) is 0 Å². The molecule has 120 valence electrons. The normalized spacial score (nSPS) is 26.2. The molecular formula is C21H19ClHfO. The molecule has 0 aromatic heterocycles. The van der Waals surface area contributed by atoms with Crippen LogP contribution in [0.1, 0.15) is 34.1 Å². The molecule has 2 unspecified atom stereocenters. The molecule has 2 aliphatic carbocycles. The summed E-state index contributed by atoms with van der Waals surface area (Å²) in [6.45, 7) is 0. The Labute approximate surface area is 151 Å². The van der Waals surface area contributed by atoms with E-state index >= 15 is 0 Å². The molecule has 3 aliphatic rings. The van der Waals surface area contributed by atoms with Crippen molar-refractivity contribution in [2.45, 2.75) is 26.3 Å². The topological polar surface area (TPSA) is 9.23 Å². The van der Waals surface area contributed by atoms with Gasteiger partial charge in [-0.25, -0.2) is 0 Å². The van der Waals surface area contributed by atoms with E-state index in [4.69, 9.17) is 11.4 Å². The Morgan fingerprint density at radius 1 is 0.833 bits per heavy atom. The summed E-state index contributed by atoms with van der Waals surface area (Å²) in [6, 6.07) is 17.3. The van der Waals surface area contributed by atoms with E-state index in [0.29, 0.717) is 11.8 Å². The van der Waals surface area contributed by atoms with Crippen LogP contribution in [0.2, 0.25) is 8.35 Å². The van der Waals surface area contributed by atoms with Crippen LogP contribution in [0.25, 0.3) is 12.2 Å². The minimum atomic E-state index is -2.84. The second-order valence-electron chi connectivity index (χ2n) is 6.99. The number of benzene rings is 2. The molecule has 0 radical (unpaired) electrons. The van der Waals surface area contributed by atoms with E-state index in [1.54, 1.807) is 0 Å². The third-order valence-electron chi connectivity index (χ3n) is 5.37. The Bertz CT molecular complexity index is 791. The summed E-state index contributed by atoms with van der Waals surface area (Å²) in [5.74, 6) is 0.608. The summed E-state index contributed by atoms with van der Waals surface area (Å²) >= 11 is -2.84. The molecule has 2 atom stereocenters. The van der Waals surface area contributed by atoms with Crippen molar-refractivity contribution in [2.75, 3.05) is 0 Å². The van der Waals surface area contributed by atoms with Crippen molar-refractivity contribution in [1.82, 2.24) is 0 Å². The average molecular weight is 501 g/mol. The molecule has 0 amide bonds. The summed E-state index contributed by atoms with van der Waals surface area (Å²) in [5, 5.41) is 0. The molecule has 1 fully saturated rings. The van der Waals surface area contributed by atoms with Crippen LogP contribution in [0, 0.1) is 0 Å². The van der Waals surface area contributed by atoms with E-state index < -0.39 is 19.2 Å². The summed E-state index contributed by atoms with van der Waals surface area (Å²) in [5.41, 5.74) is 5.41. The Kier molecular flexibility index (Phi) is 3.69. The first-order valence-electron chi connectivity index (χ1n) is 8.65. The number of fused-ring (bicyclic) bond motifs is 2. The minimum absolute atomic E-state index is 0.131.